The second-order valence-electron chi connectivity index (χ2n) is 8.59. The van der Waals surface area contributed by atoms with Crippen LogP contribution < -0.4 is 10.2 Å². The van der Waals surface area contributed by atoms with Gasteiger partial charge < -0.3 is 10.2 Å². The summed E-state index contributed by atoms with van der Waals surface area (Å²) >= 11 is 0. The Labute approximate surface area is 169 Å². The van der Waals surface area contributed by atoms with E-state index in [0.29, 0.717) is 23.4 Å². The van der Waals surface area contributed by atoms with Gasteiger partial charge in [-0.1, -0.05) is 26.7 Å². The summed E-state index contributed by atoms with van der Waals surface area (Å²) in [5.74, 6) is 1.42. The number of rotatable bonds is 4. The number of carbonyl (C=O) groups is 1. The topological polar surface area (TPSA) is 59.4 Å². The molecule has 2 fully saturated rings. The van der Waals surface area contributed by atoms with Gasteiger partial charge >= 0.3 is 0 Å². The van der Waals surface area contributed by atoms with E-state index >= 15 is 0 Å². The van der Waals surface area contributed by atoms with Crippen molar-refractivity contribution in [1.82, 2.24) is 10.2 Å². The molecule has 4 unspecified atom stereocenters. The van der Waals surface area contributed by atoms with Gasteiger partial charge in [0.15, 0.2) is 0 Å². The fourth-order valence-corrected chi connectivity index (χ4v) is 4.58. The maximum Gasteiger partial charge on any atom is 0.237 e. The van der Waals surface area contributed by atoms with Gasteiger partial charge in [0.05, 0.1) is 17.7 Å². The van der Waals surface area contributed by atoms with Crippen LogP contribution in [0.4, 0.5) is 5.69 Å². The Morgan fingerprint density at radius 2 is 1.86 bits per heavy atom. The molecular weight excluding hydrogens is 348 g/mol. The molecule has 28 heavy (non-hydrogen) atoms. The second kappa shape index (κ2) is 9.43. The lowest BCUT2D eigenvalue weighted by atomic mass is 9.78. The van der Waals surface area contributed by atoms with Crippen LogP contribution in [0.15, 0.2) is 24.3 Å². The van der Waals surface area contributed by atoms with Crippen LogP contribution in [-0.2, 0) is 4.79 Å². The van der Waals surface area contributed by atoms with Gasteiger partial charge in [-0.2, -0.15) is 5.26 Å². The molecule has 1 aromatic rings. The van der Waals surface area contributed by atoms with Gasteiger partial charge in [-0.3, -0.25) is 9.69 Å². The third kappa shape index (κ3) is 4.86. The van der Waals surface area contributed by atoms with Gasteiger partial charge in [0.1, 0.15) is 0 Å². The molecule has 152 valence electrons. The molecule has 4 atom stereocenters. The minimum Gasteiger partial charge on any atom is -0.370 e. The van der Waals surface area contributed by atoms with Crippen LogP contribution in [0.25, 0.3) is 0 Å². The molecule has 1 amide bonds. The summed E-state index contributed by atoms with van der Waals surface area (Å²) in [4.78, 5) is 17.6. The zero-order chi connectivity index (χ0) is 20.1. The van der Waals surface area contributed by atoms with Crippen LogP contribution in [0, 0.1) is 23.2 Å². The van der Waals surface area contributed by atoms with E-state index in [2.05, 4.69) is 35.0 Å². The fourth-order valence-electron chi connectivity index (χ4n) is 4.58. The summed E-state index contributed by atoms with van der Waals surface area (Å²) in [6.45, 7) is 10.3. The van der Waals surface area contributed by atoms with E-state index in [0.717, 1.165) is 44.7 Å². The minimum absolute atomic E-state index is 0.0923. The predicted octanol–water partition coefficient (Wildman–Crippen LogP) is 3.40. The standard InChI is InChI=1S/C23H34N4O/c1-17-6-4-7-22(18(17)2)25-23(28)19(3)26-12-5-13-27(15-14-26)21-10-8-20(16-24)9-11-21/h8-11,17-19,22H,4-7,12-15H2,1-3H3,(H,25,28). The minimum atomic E-state index is -0.0923. The molecule has 0 spiro atoms. The number of nitrogens with zero attached hydrogens (tertiary/aromatic N) is 3. The number of hydrogen-bond acceptors (Lipinski definition) is 4. The van der Waals surface area contributed by atoms with Gasteiger partial charge in [-0.15, -0.1) is 0 Å². The summed E-state index contributed by atoms with van der Waals surface area (Å²) in [5.41, 5.74) is 1.85. The molecule has 0 bridgehead atoms. The highest BCUT2D eigenvalue weighted by Crippen LogP contribution is 2.29. The fraction of sp³-hybridized carbons (Fsp3) is 0.652. The molecule has 1 saturated carbocycles. The summed E-state index contributed by atoms with van der Waals surface area (Å²) < 4.78 is 0. The number of nitrogens with one attached hydrogen (secondary N) is 1. The van der Waals surface area contributed by atoms with Crippen molar-refractivity contribution in [3.63, 3.8) is 0 Å². The number of nitriles is 1. The van der Waals surface area contributed by atoms with E-state index in [-0.39, 0.29) is 11.9 Å². The maximum atomic E-state index is 12.9. The molecule has 3 rings (SSSR count). The van der Waals surface area contributed by atoms with Crippen molar-refractivity contribution < 1.29 is 4.79 Å². The van der Waals surface area contributed by atoms with Crippen LogP contribution in [-0.4, -0.2) is 49.1 Å². The lowest BCUT2D eigenvalue weighted by molar-refractivity contribution is -0.127. The third-order valence-corrected chi connectivity index (χ3v) is 6.85. The molecule has 2 aliphatic rings. The first kappa shape index (κ1) is 20.7. The van der Waals surface area contributed by atoms with E-state index in [9.17, 15) is 4.79 Å². The highest BCUT2D eigenvalue weighted by molar-refractivity contribution is 5.81. The lowest BCUT2D eigenvalue weighted by Crippen LogP contribution is -2.52. The highest BCUT2D eigenvalue weighted by atomic mass is 16.2. The van der Waals surface area contributed by atoms with Gasteiger partial charge in [-0.25, -0.2) is 0 Å². The monoisotopic (exact) mass is 382 g/mol. The zero-order valence-electron chi connectivity index (χ0n) is 17.5. The summed E-state index contributed by atoms with van der Waals surface area (Å²) in [5, 5.41) is 12.3. The Morgan fingerprint density at radius 1 is 1.11 bits per heavy atom. The molecule has 1 saturated heterocycles. The van der Waals surface area contributed by atoms with Crippen LogP contribution in [0.3, 0.4) is 0 Å². The van der Waals surface area contributed by atoms with Crippen molar-refractivity contribution in [3.8, 4) is 6.07 Å². The van der Waals surface area contributed by atoms with Crippen LogP contribution >= 0.6 is 0 Å². The largest absolute Gasteiger partial charge is 0.370 e. The number of hydrogen-bond donors (Lipinski definition) is 1. The molecule has 0 aromatic heterocycles. The Kier molecular flexibility index (Phi) is 6.96. The average molecular weight is 383 g/mol. The van der Waals surface area contributed by atoms with Crippen LogP contribution in [0.5, 0.6) is 0 Å². The SMILES string of the molecule is CC1CCCC(NC(=O)C(C)N2CCCN(c3ccc(C#N)cc3)CC2)C1C. The van der Waals surface area contributed by atoms with Gasteiger partial charge in [-0.05, 0) is 55.9 Å². The van der Waals surface area contributed by atoms with Crippen LogP contribution in [0.1, 0.15) is 52.0 Å². The summed E-state index contributed by atoms with van der Waals surface area (Å²) in [6.07, 6.45) is 4.64. The summed E-state index contributed by atoms with van der Waals surface area (Å²) in [7, 11) is 0. The molecule has 5 heteroatoms. The van der Waals surface area contributed by atoms with Crippen molar-refractivity contribution in [2.24, 2.45) is 11.8 Å². The van der Waals surface area contributed by atoms with Crippen molar-refractivity contribution in [2.75, 3.05) is 31.1 Å². The number of anilines is 1. The Hall–Kier alpha value is -2.06. The molecule has 1 aliphatic heterocycles. The Balaban J connectivity index is 1.55. The molecule has 1 aromatic carbocycles. The van der Waals surface area contributed by atoms with Gasteiger partial charge in [0, 0.05) is 37.9 Å². The molecule has 1 aliphatic carbocycles. The average Bonchev–Trinajstić information content (AvgIpc) is 2.97. The highest BCUT2D eigenvalue weighted by Gasteiger charge is 2.31. The van der Waals surface area contributed by atoms with E-state index in [4.69, 9.17) is 5.26 Å². The normalized spacial score (nSPS) is 27.5. The zero-order valence-corrected chi connectivity index (χ0v) is 17.5. The van der Waals surface area contributed by atoms with Gasteiger partial charge in [0.25, 0.3) is 0 Å². The van der Waals surface area contributed by atoms with Crippen molar-refractivity contribution in [3.05, 3.63) is 29.8 Å². The van der Waals surface area contributed by atoms with Crippen LogP contribution in [0.2, 0.25) is 0 Å². The number of carbonyl (C=O) groups excluding carboxylic acids is 1. The smallest absolute Gasteiger partial charge is 0.237 e. The van der Waals surface area contributed by atoms with Crippen molar-refractivity contribution in [1.29, 1.82) is 5.26 Å². The first-order chi connectivity index (χ1) is 13.5. The molecule has 1 heterocycles. The third-order valence-electron chi connectivity index (χ3n) is 6.85. The van der Waals surface area contributed by atoms with E-state index < -0.39 is 0 Å². The predicted molar refractivity (Wildman–Crippen MR) is 113 cm³/mol. The molecular formula is C23H34N4O. The Morgan fingerprint density at radius 3 is 2.57 bits per heavy atom. The quantitative estimate of drug-likeness (QED) is 0.867. The van der Waals surface area contributed by atoms with Crippen molar-refractivity contribution in [2.45, 2.75) is 58.5 Å². The second-order valence-corrected chi connectivity index (χ2v) is 8.59. The first-order valence-corrected chi connectivity index (χ1v) is 10.8. The van der Waals surface area contributed by atoms with E-state index in [1.165, 1.54) is 12.8 Å². The first-order valence-electron chi connectivity index (χ1n) is 10.8. The van der Waals surface area contributed by atoms with E-state index in [1.54, 1.807) is 0 Å². The lowest BCUT2D eigenvalue weighted by Gasteiger charge is -2.36. The molecule has 0 radical (unpaired) electrons. The number of amides is 1. The number of benzene rings is 1. The maximum absolute atomic E-state index is 12.9. The Bertz CT molecular complexity index is 696. The van der Waals surface area contributed by atoms with E-state index in [1.807, 2.05) is 31.2 Å². The molecule has 5 nitrogen and oxygen atoms in total. The van der Waals surface area contributed by atoms with Gasteiger partial charge in [0.2, 0.25) is 5.91 Å². The molecule has 1 N–H and O–H groups in total. The summed E-state index contributed by atoms with van der Waals surface area (Å²) in [6, 6.07) is 10.2. The van der Waals surface area contributed by atoms with Crippen molar-refractivity contribution >= 4 is 11.6 Å².